The van der Waals surface area contributed by atoms with Crippen molar-refractivity contribution >= 4 is 14.7 Å². The van der Waals surface area contributed by atoms with Gasteiger partial charge in [0, 0.05) is 6.23 Å². The van der Waals surface area contributed by atoms with E-state index in [2.05, 4.69) is 57.2 Å². The minimum atomic E-state index is 0.600. The van der Waals surface area contributed by atoms with Gasteiger partial charge in [0.05, 0.1) is 6.61 Å². The SMILES string of the molecule is Cc1ccc(Oc2cccc(COC[Si]c3cccc(C)c3C)c2)cc1. The standard InChI is InChI=1S/C23H24O2Si/c1-17-10-12-21(13-11-17)25-22-8-5-7-20(14-22)15-24-16-26-23-9-4-6-18(2)19(23)3/h4-14H,15-16H2,1-3H3. The van der Waals surface area contributed by atoms with Crippen molar-refractivity contribution in [3.05, 3.63) is 89.0 Å². The lowest BCUT2D eigenvalue weighted by Crippen LogP contribution is -2.23. The van der Waals surface area contributed by atoms with Gasteiger partial charge in [0.1, 0.15) is 21.0 Å². The molecular weight excluding hydrogens is 336 g/mol. The van der Waals surface area contributed by atoms with E-state index < -0.39 is 0 Å². The molecular formula is C23H24O2Si. The summed E-state index contributed by atoms with van der Waals surface area (Å²) in [7, 11) is 0.672. The van der Waals surface area contributed by atoms with Gasteiger partial charge in [-0.1, -0.05) is 53.2 Å². The molecule has 0 atom stereocenters. The second-order valence-electron chi connectivity index (χ2n) is 6.48. The molecule has 0 fully saturated rings. The number of ether oxygens (including phenoxy) is 2. The maximum Gasteiger partial charge on any atom is 0.127 e. The molecule has 0 amide bonds. The van der Waals surface area contributed by atoms with Crippen LogP contribution in [0.3, 0.4) is 0 Å². The van der Waals surface area contributed by atoms with E-state index in [-0.39, 0.29) is 0 Å². The number of benzene rings is 3. The molecule has 0 bridgehead atoms. The Kier molecular flexibility index (Phi) is 6.26. The van der Waals surface area contributed by atoms with Crippen LogP contribution in [0.5, 0.6) is 11.5 Å². The zero-order valence-corrected chi connectivity index (χ0v) is 16.6. The van der Waals surface area contributed by atoms with Crippen molar-refractivity contribution in [1.82, 2.24) is 0 Å². The Morgan fingerprint density at radius 3 is 2.38 bits per heavy atom. The maximum absolute atomic E-state index is 5.92. The molecule has 0 saturated carbocycles. The van der Waals surface area contributed by atoms with Crippen molar-refractivity contribution in [2.45, 2.75) is 27.4 Å². The first-order valence-corrected chi connectivity index (χ1v) is 10.0. The van der Waals surface area contributed by atoms with Gasteiger partial charge >= 0.3 is 0 Å². The van der Waals surface area contributed by atoms with Crippen LogP contribution in [-0.2, 0) is 11.3 Å². The van der Waals surface area contributed by atoms with E-state index in [1.54, 1.807) is 0 Å². The molecule has 26 heavy (non-hydrogen) atoms. The Bertz CT molecular complexity index is 856. The molecule has 3 aromatic carbocycles. The lowest BCUT2D eigenvalue weighted by molar-refractivity contribution is 0.164. The van der Waals surface area contributed by atoms with E-state index in [1.807, 2.05) is 30.3 Å². The fraction of sp³-hybridized carbons (Fsp3) is 0.217. The molecule has 132 valence electrons. The zero-order valence-electron chi connectivity index (χ0n) is 15.6. The highest BCUT2D eigenvalue weighted by molar-refractivity contribution is 6.53. The van der Waals surface area contributed by atoms with E-state index in [1.165, 1.54) is 21.9 Å². The Balaban J connectivity index is 1.52. The Labute approximate surface area is 158 Å². The first-order valence-electron chi connectivity index (χ1n) is 8.83. The number of hydrogen-bond acceptors (Lipinski definition) is 2. The minimum Gasteiger partial charge on any atom is -0.457 e. The smallest absolute Gasteiger partial charge is 0.127 e. The van der Waals surface area contributed by atoms with Gasteiger partial charge in [0.25, 0.3) is 0 Å². The largest absolute Gasteiger partial charge is 0.457 e. The van der Waals surface area contributed by atoms with Gasteiger partial charge in [-0.2, -0.15) is 0 Å². The summed E-state index contributed by atoms with van der Waals surface area (Å²) in [5.74, 6) is 1.69. The predicted octanol–water partition coefficient (Wildman–Crippen LogP) is 4.91. The molecule has 0 N–H and O–H groups in total. The molecule has 2 nitrogen and oxygen atoms in total. The second kappa shape index (κ2) is 8.83. The lowest BCUT2D eigenvalue weighted by atomic mass is 10.1. The second-order valence-corrected chi connectivity index (χ2v) is 7.66. The first-order chi connectivity index (χ1) is 12.6. The van der Waals surface area contributed by atoms with E-state index in [0.717, 1.165) is 23.3 Å². The molecule has 0 unspecified atom stereocenters. The van der Waals surface area contributed by atoms with Crippen molar-refractivity contribution in [3.63, 3.8) is 0 Å². The molecule has 0 aliphatic rings. The van der Waals surface area contributed by atoms with E-state index >= 15 is 0 Å². The normalized spacial score (nSPS) is 10.7. The van der Waals surface area contributed by atoms with E-state index in [0.29, 0.717) is 16.1 Å². The van der Waals surface area contributed by atoms with E-state index in [4.69, 9.17) is 9.47 Å². The molecule has 3 heteroatoms. The summed E-state index contributed by atoms with van der Waals surface area (Å²) in [5, 5.41) is 1.39. The number of hydrogen-bond donors (Lipinski definition) is 0. The van der Waals surface area contributed by atoms with Crippen LogP contribution in [0.1, 0.15) is 22.3 Å². The summed E-state index contributed by atoms with van der Waals surface area (Å²) in [6.07, 6.45) is 0.743. The van der Waals surface area contributed by atoms with Crippen LogP contribution < -0.4 is 9.92 Å². The van der Waals surface area contributed by atoms with Gasteiger partial charge in [-0.25, -0.2) is 0 Å². The van der Waals surface area contributed by atoms with Crippen LogP contribution in [0.15, 0.2) is 66.7 Å². The van der Waals surface area contributed by atoms with Crippen molar-refractivity contribution in [1.29, 1.82) is 0 Å². The third-order valence-electron chi connectivity index (χ3n) is 4.39. The van der Waals surface area contributed by atoms with Crippen LogP contribution in [-0.4, -0.2) is 15.7 Å². The van der Waals surface area contributed by atoms with Crippen molar-refractivity contribution in [2.24, 2.45) is 0 Å². The summed E-state index contributed by atoms with van der Waals surface area (Å²) >= 11 is 0. The average Bonchev–Trinajstić information content (AvgIpc) is 2.64. The van der Waals surface area contributed by atoms with Crippen LogP contribution in [0.25, 0.3) is 0 Å². The Morgan fingerprint density at radius 2 is 1.58 bits per heavy atom. The molecule has 3 aromatic rings. The highest BCUT2D eigenvalue weighted by atomic mass is 28.2. The summed E-state index contributed by atoms with van der Waals surface area (Å²) in [4.78, 5) is 0. The van der Waals surface area contributed by atoms with Gasteiger partial charge in [-0.15, -0.1) is 0 Å². The molecule has 3 rings (SSSR count). The quantitative estimate of drug-likeness (QED) is 0.440. The Morgan fingerprint density at radius 1 is 0.808 bits per heavy atom. The summed E-state index contributed by atoms with van der Waals surface area (Å²) < 4.78 is 11.8. The van der Waals surface area contributed by atoms with Crippen LogP contribution >= 0.6 is 0 Å². The van der Waals surface area contributed by atoms with Crippen LogP contribution in [0, 0.1) is 20.8 Å². The molecule has 2 radical (unpaired) electrons. The third kappa shape index (κ3) is 5.07. The fourth-order valence-electron chi connectivity index (χ4n) is 2.68. The molecule has 0 aliphatic carbocycles. The molecule has 0 aromatic heterocycles. The van der Waals surface area contributed by atoms with Gasteiger partial charge in [0.15, 0.2) is 0 Å². The number of rotatable bonds is 7. The summed E-state index contributed by atoms with van der Waals surface area (Å²) in [5.41, 5.74) is 5.07. The first kappa shape index (κ1) is 18.4. The highest BCUT2D eigenvalue weighted by Crippen LogP contribution is 2.22. The topological polar surface area (TPSA) is 18.5 Å². The van der Waals surface area contributed by atoms with Crippen molar-refractivity contribution < 1.29 is 9.47 Å². The van der Waals surface area contributed by atoms with Crippen molar-refractivity contribution in [3.8, 4) is 11.5 Å². The third-order valence-corrected chi connectivity index (χ3v) is 5.66. The summed E-state index contributed by atoms with van der Waals surface area (Å²) in [6.45, 7) is 7.01. The minimum absolute atomic E-state index is 0.600. The van der Waals surface area contributed by atoms with Crippen LogP contribution in [0.2, 0.25) is 0 Å². The van der Waals surface area contributed by atoms with Crippen molar-refractivity contribution in [2.75, 3.05) is 6.23 Å². The number of aryl methyl sites for hydroxylation is 2. The summed E-state index contributed by atoms with van der Waals surface area (Å²) in [6, 6.07) is 22.7. The molecule has 0 spiro atoms. The van der Waals surface area contributed by atoms with Gasteiger partial charge in [0.2, 0.25) is 0 Å². The fourth-order valence-corrected chi connectivity index (χ4v) is 3.72. The average molecular weight is 361 g/mol. The predicted molar refractivity (Wildman–Crippen MR) is 109 cm³/mol. The van der Waals surface area contributed by atoms with Gasteiger partial charge < -0.3 is 9.47 Å². The Hall–Kier alpha value is -2.36. The molecule has 0 heterocycles. The van der Waals surface area contributed by atoms with E-state index in [9.17, 15) is 0 Å². The highest BCUT2D eigenvalue weighted by Gasteiger charge is 2.03. The monoisotopic (exact) mass is 360 g/mol. The maximum atomic E-state index is 5.92. The molecule has 0 aliphatic heterocycles. The van der Waals surface area contributed by atoms with Gasteiger partial charge in [-0.3, -0.25) is 0 Å². The lowest BCUT2D eigenvalue weighted by Gasteiger charge is -2.10. The zero-order chi connectivity index (χ0) is 18.4. The molecule has 0 saturated heterocycles. The van der Waals surface area contributed by atoms with Gasteiger partial charge in [-0.05, 0) is 61.7 Å². The van der Waals surface area contributed by atoms with Crippen LogP contribution in [0.4, 0.5) is 0 Å².